The Balaban J connectivity index is 3.00. The molecule has 0 heterocycles. The molecule has 0 aliphatic heterocycles. The molecule has 1 aromatic carbocycles. The topological polar surface area (TPSA) is 92.6 Å². The fraction of sp³-hybridized carbons (Fsp3) is 0.308. The number of para-hydroxylation sites is 1. The number of nitrogens with zero attached hydrogens (tertiary/aromatic N) is 1. The molecule has 1 rings (SSSR count). The Hall–Kier alpha value is -2.17. The van der Waals surface area contributed by atoms with Crippen LogP contribution in [0.25, 0.3) is 0 Å². The predicted octanol–water partition coefficient (Wildman–Crippen LogP) is -0.399. The smallest absolute Gasteiger partial charge is 0.0858 e. The molecule has 0 saturated carbocycles. The summed E-state index contributed by atoms with van der Waals surface area (Å²) in [5.74, 6) is -2.77. The molecule has 0 amide bonds. The predicted molar refractivity (Wildman–Crippen MR) is 62.2 cm³/mol. The monoisotopic (exact) mass is 247 g/mol. The van der Waals surface area contributed by atoms with Crippen LogP contribution in [0.2, 0.25) is 0 Å². The highest BCUT2D eigenvalue weighted by atomic mass is 16.4. The highest BCUT2D eigenvalue weighted by molar-refractivity contribution is 6.35. The van der Waals surface area contributed by atoms with Gasteiger partial charge in [-0.3, -0.25) is 4.99 Å². The Morgan fingerprint density at radius 3 is 2.39 bits per heavy atom. The quantitative estimate of drug-likeness (QED) is 0.639. The average Bonchev–Trinajstić information content (AvgIpc) is 2.34. The zero-order valence-electron chi connectivity index (χ0n) is 10.0. The lowest BCUT2D eigenvalue weighted by atomic mass is 10.1. The molecular formula is C13H13NO4-2. The van der Waals surface area contributed by atoms with Crippen LogP contribution in [0.4, 0.5) is 5.69 Å². The Morgan fingerprint density at radius 2 is 1.83 bits per heavy atom. The molecule has 0 radical (unpaired) electrons. The molecule has 96 valence electrons. The summed E-state index contributed by atoms with van der Waals surface area (Å²) in [7, 11) is 0. The molecule has 5 heteroatoms. The summed E-state index contributed by atoms with van der Waals surface area (Å²) < 4.78 is 0. The van der Waals surface area contributed by atoms with Crippen LogP contribution < -0.4 is 10.2 Å². The van der Waals surface area contributed by atoms with E-state index >= 15 is 0 Å². The number of aliphatic carboxylic acids is 2. The van der Waals surface area contributed by atoms with Crippen LogP contribution in [-0.4, -0.2) is 17.7 Å². The Morgan fingerprint density at radius 1 is 1.17 bits per heavy atom. The molecule has 0 N–H and O–H groups in total. The lowest BCUT2D eigenvalue weighted by molar-refractivity contribution is -0.305. The number of benzene rings is 1. The molecule has 5 nitrogen and oxygen atoms in total. The van der Waals surface area contributed by atoms with Crippen LogP contribution in [0.15, 0.2) is 29.3 Å². The number of rotatable bonds is 6. The molecule has 0 bridgehead atoms. The second-order valence-electron chi connectivity index (χ2n) is 3.70. The van der Waals surface area contributed by atoms with E-state index in [0.29, 0.717) is 12.1 Å². The maximum absolute atomic E-state index is 10.9. The van der Waals surface area contributed by atoms with E-state index in [2.05, 4.69) is 4.99 Å². The molecule has 0 spiro atoms. The summed E-state index contributed by atoms with van der Waals surface area (Å²) in [4.78, 5) is 25.1. The van der Waals surface area contributed by atoms with Crippen LogP contribution in [0.5, 0.6) is 0 Å². The standard InChI is InChI=1S/C13H15NO4/c1-2-9-5-3-4-6-10(9)14-11(13(17)18)7-8-12(15)16/h3-6H,2,7-8H2,1H3,(H,15,16)(H,17,18)/p-2. The summed E-state index contributed by atoms with van der Waals surface area (Å²) >= 11 is 0. The first-order valence-electron chi connectivity index (χ1n) is 5.61. The van der Waals surface area contributed by atoms with Crippen molar-refractivity contribution in [2.24, 2.45) is 4.99 Å². The van der Waals surface area contributed by atoms with Crippen LogP contribution in [0.1, 0.15) is 25.3 Å². The van der Waals surface area contributed by atoms with E-state index in [1.54, 1.807) is 12.1 Å². The molecule has 0 fully saturated rings. The van der Waals surface area contributed by atoms with E-state index in [4.69, 9.17) is 0 Å². The van der Waals surface area contributed by atoms with Crippen LogP contribution >= 0.6 is 0 Å². The third-order valence-corrected chi connectivity index (χ3v) is 2.43. The first kappa shape index (κ1) is 13.9. The number of aryl methyl sites for hydroxylation is 1. The Bertz CT molecular complexity index is 480. The first-order valence-corrected chi connectivity index (χ1v) is 5.61. The Labute approximate surface area is 105 Å². The van der Waals surface area contributed by atoms with Crippen molar-refractivity contribution >= 4 is 23.3 Å². The van der Waals surface area contributed by atoms with E-state index in [-0.39, 0.29) is 18.6 Å². The van der Waals surface area contributed by atoms with Gasteiger partial charge in [0.15, 0.2) is 0 Å². The lowest BCUT2D eigenvalue weighted by Gasteiger charge is -2.10. The van der Waals surface area contributed by atoms with Gasteiger partial charge in [0.2, 0.25) is 0 Å². The van der Waals surface area contributed by atoms with Crippen molar-refractivity contribution in [3.05, 3.63) is 29.8 Å². The van der Waals surface area contributed by atoms with Crippen molar-refractivity contribution in [2.75, 3.05) is 0 Å². The van der Waals surface area contributed by atoms with Gasteiger partial charge in [-0.05, 0) is 30.9 Å². The molecule has 0 aromatic heterocycles. The summed E-state index contributed by atoms with van der Waals surface area (Å²) in [6.45, 7) is 1.92. The van der Waals surface area contributed by atoms with Gasteiger partial charge in [0.25, 0.3) is 0 Å². The zero-order valence-corrected chi connectivity index (χ0v) is 10.0. The number of hydrogen-bond acceptors (Lipinski definition) is 5. The van der Waals surface area contributed by atoms with E-state index in [1.165, 1.54) is 0 Å². The fourth-order valence-electron chi connectivity index (χ4n) is 1.49. The van der Waals surface area contributed by atoms with Gasteiger partial charge < -0.3 is 19.8 Å². The van der Waals surface area contributed by atoms with Crippen molar-refractivity contribution in [3.63, 3.8) is 0 Å². The third-order valence-electron chi connectivity index (χ3n) is 2.43. The van der Waals surface area contributed by atoms with Gasteiger partial charge in [-0.15, -0.1) is 0 Å². The molecule has 18 heavy (non-hydrogen) atoms. The minimum Gasteiger partial charge on any atom is -0.550 e. The minimum atomic E-state index is -1.46. The number of carbonyl (C=O) groups excluding carboxylic acids is 2. The van der Waals surface area contributed by atoms with Gasteiger partial charge >= 0.3 is 0 Å². The zero-order chi connectivity index (χ0) is 13.5. The van der Waals surface area contributed by atoms with Gasteiger partial charge in [0.05, 0.1) is 17.4 Å². The average molecular weight is 247 g/mol. The largest absolute Gasteiger partial charge is 0.550 e. The van der Waals surface area contributed by atoms with E-state index in [1.807, 2.05) is 19.1 Å². The Kier molecular flexibility index (Phi) is 5.05. The molecular weight excluding hydrogens is 234 g/mol. The van der Waals surface area contributed by atoms with E-state index in [9.17, 15) is 19.8 Å². The number of carboxylic acids is 2. The summed E-state index contributed by atoms with van der Waals surface area (Å²) in [5.41, 5.74) is 1.14. The normalized spacial score (nSPS) is 11.3. The minimum absolute atomic E-state index is 0.206. The lowest BCUT2D eigenvalue weighted by Crippen LogP contribution is -2.33. The van der Waals surface area contributed by atoms with Crippen molar-refractivity contribution in [2.45, 2.75) is 26.2 Å². The van der Waals surface area contributed by atoms with Gasteiger partial charge in [-0.25, -0.2) is 0 Å². The molecule has 0 aliphatic rings. The molecule has 0 saturated heterocycles. The van der Waals surface area contributed by atoms with E-state index < -0.39 is 11.9 Å². The molecule has 0 unspecified atom stereocenters. The summed E-state index contributed by atoms with van der Waals surface area (Å²) in [6.07, 6.45) is 0.115. The SMILES string of the molecule is CCc1ccccc1N=C(CCC(=O)[O-])C(=O)[O-]. The molecule has 0 atom stereocenters. The highest BCUT2D eigenvalue weighted by Gasteiger charge is 2.04. The van der Waals surface area contributed by atoms with Crippen molar-refractivity contribution < 1.29 is 19.8 Å². The number of aliphatic imine (C=N–C) groups is 1. The van der Waals surface area contributed by atoms with Gasteiger partial charge in [0, 0.05) is 5.97 Å². The second-order valence-corrected chi connectivity index (χ2v) is 3.70. The van der Waals surface area contributed by atoms with Crippen molar-refractivity contribution in [1.82, 2.24) is 0 Å². The fourth-order valence-corrected chi connectivity index (χ4v) is 1.49. The molecule has 1 aromatic rings. The number of hydrogen-bond donors (Lipinski definition) is 0. The maximum atomic E-state index is 10.9. The molecule has 0 aliphatic carbocycles. The van der Waals surface area contributed by atoms with Crippen LogP contribution in [0.3, 0.4) is 0 Å². The van der Waals surface area contributed by atoms with Crippen LogP contribution in [-0.2, 0) is 16.0 Å². The third kappa shape index (κ3) is 4.01. The van der Waals surface area contributed by atoms with Crippen molar-refractivity contribution in [3.8, 4) is 0 Å². The second kappa shape index (κ2) is 6.54. The van der Waals surface area contributed by atoms with Gasteiger partial charge in [0.1, 0.15) is 0 Å². The summed E-state index contributed by atoms with van der Waals surface area (Å²) in [5, 5.41) is 21.2. The van der Waals surface area contributed by atoms with Gasteiger partial charge in [-0.2, -0.15) is 0 Å². The maximum Gasteiger partial charge on any atom is 0.0858 e. The number of carboxylic acid groups (broad SMARTS) is 2. The van der Waals surface area contributed by atoms with Crippen LogP contribution in [0, 0.1) is 0 Å². The number of carbonyl (C=O) groups is 2. The van der Waals surface area contributed by atoms with E-state index in [0.717, 1.165) is 5.56 Å². The summed E-state index contributed by atoms with van der Waals surface area (Å²) in [6, 6.07) is 7.09. The van der Waals surface area contributed by atoms with Gasteiger partial charge in [-0.1, -0.05) is 25.1 Å². The highest BCUT2D eigenvalue weighted by Crippen LogP contribution is 2.19. The first-order chi connectivity index (χ1) is 8.54. The van der Waals surface area contributed by atoms with Crippen molar-refractivity contribution in [1.29, 1.82) is 0 Å².